The van der Waals surface area contributed by atoms with Crippen LogP contribution in [0.25, 0.3) is 17.2 Å². The van der Waals surface area contributed by atoms with Gasteiger partial charge < -0.3 is 15.7 Å². The molecular formula is C32H45N3O3. The summed E-state index contributed by atoms with van der Waals surface area (Å²) in [6, 6.07) is 14.0. The first-order valence-electron chi connectivity index (χ1n) is 13.9. The molecule has 0 saturated heterocycles. The number of nitrogens with two attached hydrogens (primary N) is 1. The molecule has 2 aromatic carbocycles. The van der Waals surface area contributed by atoms with E-state index in [1.165, 1.54) is 12.8 Å². The molecule has 0 saturated carbocycles. The van der Waals surface area contributed by atoms with Gasteiger partial charge in [0.1, 0.15) is 11.6 Å². The van der Waals surface area contributed by atoms with Gasteiger partial charge in [0.05, 0.1) is 5.69 Å². The average Bonchev–Trinajstić information content (AvgIpc) is 3.08. The highest BCUT2D eigenvalue weighted by atomic mass is 16.3. The summed E-state index contributed by atoms with van der Waals surface area (Å²) < 4.78 is 0. The molecule has 0 aliphatic carbocycles. The fraction of sp³-hybridized carbons (Fsp3) is 0.469. The second-order valence-corrected chi connectivity index (χ2v) is 10.1. The molecule has 0 atom stereocenters. The van der Waals surface area contributed by atoms with E-state index in [1.807, 2.05) is 69.3 Å². The molecule has 0 fully saturated rings. The number of rotatable bonds is 11. The van der Waals surface area contributed by atoms with Crippen molar-refractivity contribution >= 4 is 29.3 Å². The van der Waals surface area contributed by atoms with Gasteiger partial charge in [0.25, 0.3) is 0 Å². The minimum absolute atomic E-state index is 0.0288. The topological polar surface area (TPSA) is 96.0 Å². The predicted molar refractivity (Wildman–Crippen MR) is 158 cm³/mol. The monoisotopic (exact) mass is 519 g/mol. The number of aliphatic imine (C=N–C) groups is 1. The smallest absolute Gasteiger partial charge is 0.250 e. The number of amidine groups is 1. The normalized spacial score (nSPS) is 12.5. The Morgan fingerprint density at radius 2 is 1.63 bits per heavy atom. The van der Waals surface area contributed by atoms with Crippen molar-refractivity contribution in [3.05, 3.63) is 59.2 Å². The van der Waals surface area contributed by atoms with E-state index in [0.717, 1.165) is 34.4 Å². The Balaban J connectivity index is 0.00000118. The van der Waals surface area contributed by atoms with Crippen LogP contribution < -0.4 is 5.73 Å². The fourth-order valence-corrected chi connectivity index (χ4v) is 3.98. The number of carbonyl (C=O) groups is 2. The highest BCUT2D eigenvalue weighted by Crippen LogP contribution is 2.32. The number of aliphatic hydroxyl groups excluding tert-OH is 1. The summed E-state index contributed by atoms with van der Waals surface area (Å²) in [4.78, 5) is 31.6. The first kappa shape index (κ1) is 31.0. The third-order valence-electron chi connectivity index (χ3n) is 6.45. The molecule has 0 aromatic heterocycles. The maximum Gasteiger partial charge on any atom is 0.250 e. The number of aliphatic hydroxyl groups is 1. The summed E-state index contributed by atoms with van der Waals surface area (Å²) in [6.07, 6.45) is 6.65. The molecule has 6 heteroatoms. The third kappa shape index (κ3) is 9.25. The molecule has 1 aliphatic heterocycles. The summed E-state index contributed by atoms with van der Waals surface area (Å²) in [7, 11) is 0. The van der Waals surface area contributed by atoms with E-state index in [9.17, 15) is 14.7 Å². The third-order valence-corrected chi connectivity index (χ3v) is 6.45. The zero-order valence-corrected chi connectivity index (χ0v) is 23.8. The highest BCUT2D eigenvalue weighted by Gasteiger charge is 2.21. The Morgan fingerprint density at radius 1 is 0.974 bits per heavy atom. The van der Waals surface area contributed by atoms with Crippen molar-refractivity contribution in [3.63, 3.8) is 0 Å². The number of benzene rings is 2. The summed E-state index contributed by atoms with van der Waals surface area (Å²) >= 11 is 0. The second kappa shape index (κ2) is 15.9. The molecule has 38 heavy (non-hydrogen) atoms. The van der Waals surface area contributed by atoms with Gasteiger partial charge >= 0.3 is 0 Å². The average molecular weight is 520 g/mol. The van der Waals surface area contributed by atoms with Gasteiger partial charge in [-0.15, -0.1) is 0 Å². The van der Waals surface area contributed by atoms with Crippen LogP contribution in [0.4, 0.5) is 5.69 Å². The maximum absolute atomic E-state index is 13.2. The zero-order chi connectivity index (χ0) is 28.1. The summed E-state index contributed by atoms with van der Waals surface area (Å²) in [5, 5.41) is 9.18. The van der Waals surface area contributed by atoms with Crippen LogP contribution in [0.5, 0.6) is 0 Å². The van der Waals surface area contributed by atoms with Gasteiger partial charge in [0.2, 0.25) is 5.91 Å². The highest BCUT2D eigenvalue weighted by molar-refractivity contribution is 6.05. The Kier molecular flexibility index (Phi) is 12.9. The molecule has 1 aliphatic rings. The van der Waals surface area contributed by atoms with Crippen LogP contribution in [0, 0.1) is 5.92 Å². The van der Waals surface area contributed by atoms with Gasteiger partial charge in [-0.2, -0.15) is 0 Å². The van der Waals surface area contributed by atoms with Gasteiger partial charge in [-0.1, -0.05) is 83.9 Å². The number of carbonyl (C=O) groups excluding carboxylic acids is 2. The van der Waals surface area contributed by atoms with Crippen LogP contribution in [0.15, 0.2) is 53.0 Å². The van der Waals surface area contributed by atoms with Crippen molar-refractivity contribution in [2.75, 3.05) is 19.7 Å². The molecule has 6 nitrogen and oxygen atoms in total. The van der Waals surface area contributed by atoms with Gasteiger partial charge in [0.15, 0.2) is 0 Å². The van der Waals surface area contributed by atoms with Crippen molar-refractivity contribution in [1.29, 1.82) is 0 Å². The second-order valence-electron chi connectivity index (χ2n) is 10.1. The molecule has 3 N–H and O–H groups in total. The van der Waals surface area contributed by atoms with E-state index in [2.05, 4.69) is 18.8 Å². The van der Waals surface area contributed by atoms with Gasteiger partial charge in [-0.05, 0) is 41.7 Å². The van der Waals surface area contributed by atoms with Crippen LogP contribution in [-0.4, -0.2) is 47.2 Å². The molecule has 1 amide bonds. The van der Waals surface area contributed by atoms with Crippen molar-refractivity contribution in [2.45, 2.75) is 73.1 Å². The van der Waals surface area contributed by atoms with Crippen LogP contribution in [0.3, 0.4) is 0 Å². The van der Waals surface area contributed by atoms with Crippen LogP contribution in [0.1, 0.15) is 77.8 Å². The SMILES string of the molecule is CCCC.CCCN(CCCO)C(=O)C1=Cc2ccc(-c3ccc(CC(=O)C(C)C)cc3)cc2N=C(N)C1. The largest absolute Gasteiger partial charge is 0.396 e. The van der Waals surface area contributed by atoms with E-state index in [4.69, 9.17) is 5.73 Å². The quantitative estimate of drug-likeness (QED) is 0.363. The standard InChI is InChI=1S/C28H35N3O3.C4H10/c1-4-12-31(13-5-14-32)28(34)24-16-23-11-10-22(17-25(23)30-27(29)18-24)21-8-6-20(7-9-21)15-26(33)19(2)3;1-3-4-2/h6-11,16-17,19,32H,4-5,12-15,18H2,1-3H3,(H2,29,30);3-4H2,1-2H3. The lowest BCUT2D eigenvalue weighted by Gasteiger charge is -2.23. The number of amides is 1. The molecule has 1 heterocycles. The molecule has 3 rings (SSSR count). The van der Waals surface area contributed by atoms with Crippen molar-refractivity contribution in [2.24, 2.45) is 16.6 Å². The Bertz CT molecular complexity index is 1120. The molecule has 0 bridgehead atoms. The van der Waals surface area contributed by atoms with Gasteiger partial charge in [0, 0.05) is 49.6 Å². The van der Waals surface area contributed by atoms with E-state index in [1.54, 1.807) is 4.90 Å². The Hall–Kier alpha value is -3.25. The van der Waals surface area contributed by atoms with E-state index in [0.29, 0.717) is 43.8 Å². The lowest BCUT2D eigenvalue weighted by atomic mass is 9.97. The van der Waals surface area contributed by atoms with Crippen LogP contribution >= 0.6 is 0 Å². The minimum Gasteiger partial charge on any atom is -0.396 e. The number of hydrogen-bond acceptors (Lipinski definition) is 5. The Morgan fingerprint density at radius 3 is 2.21 bits per heavy atom. The van der Waals surface area contributed by atoms with E-state index < -0.39 is 0 Å². The molecule has 0 radical (unpaired) electrons. The van der Waals surface area contributed by atoms with Crippen molar-refractivity contribution in [3.8, 4) is 11.1 Å². The van der Waals surface area contributed by atoms with E-state index in [-0.39, 0.29) is 24.2 Å². The summed E-state index contributed by atoms with van der Waals surface area (Å²) in [6.45, 7) is 11.4. The van der Waals surface area contributed by atoms with Crippen molar-refractivity contribution < 1.29 is 14.7 Å². The lowest BCUT2D eigenvalue weighted by Crippen LogP contribution is -2.35. The predicted octanol–water partition coefficient (Wildman–Crippen LogP) is 6.32. The number of ketones is 1. The fourth-order valence-electron chi connectivity index (χ4n) is 3.98. The van der Waals surface area contributed by atoms with E-state index >= 15 is 0 Å². The molecular weight excluding hydrogens is 474 g/mol. The Labute approximate surface area is 228 Å². The minimum atomic E-state index is -0.0584. The number of fused-ring (bicyclic) bond motifs is 1. The number of nitrogens with zero attached hydrogens (tertiary/aromatic N) is 2. The summed E-state index contributed by atoms with van der Waals surface area (Å²) in [5.41, 5.74) is 11.4. The lowest BCUT2D eigenvalue weighted by molar-refractivity contribution is -0.127. The first-order chi connectivity index (χ1) is 18.2. The van der Waals surface area contributed by atoms with Crippen LogP contribution in [0.2, 0.25) is 0 Å². The van der Waals surface area contributed by atoms with Crippen LogP contribution in [-0.2, 0) is 16.0 Å². The van der Waals surface area contributed by atoms with Gasteiger partial charge in [-0.25, -0.2) is 4.99 Å². The molecule has 2 aromatic rings. The maximum atomic E-state index is 13.2. The number of Topliss-reactive ketones (excluding diaryl/α,β-unsaturated/α-hetero) is 1. The molecule has 206 valence electrons. The number of unbranched alkanes of at least 4 members (excludes halogenated alkanes) is 1. The first-order valence-corrected chi connectivity index (χ1v) is 13.9. The van der Waals surface area contributed by atoms with Gasteiger partial charge in [-0.3, -0.25) is 9.59 Å². The zero-order valence-electron chi connectivity index (χ0n) is 23.8. The molecule has 0 unspecified atom stereocenters. The summed E-state index contributed by atoms with van der Waals surface area (Å²) in [5.74, 6) is 0.600. The van der Waals surface area contributed by atoms with Crippen molar-refractivity contribution in [1.82, 2.24) is 4.90 Å². The number of hydrogen-bond donors (Lipinski definition) is 2. The molecule has 0 spiro atoms.